The first-order valence-corrected chi connectivity index (χ1v) is 8.80. The van der Waals surface area contributed by atoms with Crippen molar-refractivity contribution in [3.63, 3.8) is 0 Å². The van der Waals surface area contributed by atoms with E-state index in [4.69, 9.17) is 0 Å². The lowest BCUT2D eigenvalue weighted by atomic mass is 10.0. The number of amides is 1. The SMILES string of the molecule is Cc1ccc(C)c(CC(=O)N2CCN([C@@H]3CCC[C@H]3O)CC2)c1. The van der Waals surface area contributed by atoms with E-state index < -0.39 is 0 Å². The summed E-state index contributed by atoms with van der Waals surface area (Å²) in [5.41, 5.74) is 3.54. The largest absolute Gasteiger partial charge is 0.391 e. The highest BCUT2D eigenvalue weighted by Crippen LogP contribution is 2.25. The van der Waals surface area contributed by atoms with Crippen molar-refractivity contribution in [1.29, 1.82) is 0 Å². The standard InChI is InChI=1S/C19H28N2O2/c1-14-6-7-15(2)16(12-14)13-19(23)21-10-8-20(9-11-21)17-4-3-5-18(17)22/h6-7,12,17-18,22H,3-5,8-11,13H2,1-2H3/t17-,18-/m1/s1. The van der Waals surface area contributed by atoms with Crippen LogP contribution in [0.4, 0.5) is 0 Å². The van der Waals surface area contributed by atoms with Gasteiger partial charge in [0.05, 0.1) is 12.5 Å². The number of carbonyl (C=O) groups excluding carboxylic acids is 1. The summed E-state index contributed by atoms with van der Waals surface area (Å²) in [6.45, 7) is 7.49. The zero-order valence-electron chi connectivity index (χ0n) is 14.3. The lowest BCUT2D eigenvalue weighted by molar-refractivity contribution is -0.132. The van der Waals surface area contributed by atoms with E-state index in [1.54, 1.807) is 0 Å². The highest BCUT2D eigenvalue weighted by molar-refractivity contribution is 5.79. The molecule has 1 aromatic carbocycles. The molecule has 0 radical (unpaired) electrons. The quantitative estimate of drug-likeness (QED) is 0.926. The fourth-order valence-electron chi connectivity index (χ4n) is 3.92. The number of aliphatic hydroxyl groups excluding tert-OH is 1. The summed E-state index contributed by atoms with van der Waals surface area (Å²) in [5, 5.41) is 10.0. The lowest BCUT2D eigenvalue weighted by Gasteiger charge is -2.39. The van der Waals surface area contributed by atoms with E-state index in [-0.39, 0.29) is 12.0 Å². The number of aryl methyl sites for hydroxylation is 2. The summed E-state index contributed by atoms with van der Waals surface area (Å²) in [6, 6.07) is 6.62. The summed E-state index contributed by atoms with van der Waals surface area (Å²) in [4.78, 5) is 16.9. The van der Waals surface area contributed by atoms with Crippen LogP contribution < -0.4 is 0 Å². The minimum atomic E-state index is -0.174. The molecule has 1 heterocycles. The molecule has 1 aromatic rings. The summed E-state index contributed by atoms with van der Waals surface area (Å²) >= 11 is 0. The summed E-state index contributed by atoms with van der Waals surface area (Å²) < 4.78 is 0. The molecule has 3 rings (SSSR count). The monoisotopic (exact) mass is 316 g/mol. The number of nitrogens with zero attached hydrogens (tertiary/aromatic N) is 2. The van der Waals surface area contributed by atoms with Crippen molar-refractivity contribution in [3.05, 3.63) is 34.9 Å². The predicted molar refractivity (Wildman–Crippen MR) is 91.4 cm³/mol. The van der Waals surface area contributed by atoms with Gasteiger partial charge >= 0.3 is 0 Å². The van der Waals surface area contributed by atoms with Gasteiger partial charge in [-0.15, -0.1) is 0 Å². The predicted octanol–water partition coefficient (Wildman–Crippen LogP) is 1.90. The van der Waals surface area contributed by atoms with Crippen LogP contribution in [-0.4, -0.2) is 59.1 Å². The third-order valence-corrected chi connectivity index (χ3v) is 5.43. The van der Waals surface area contributed by atoms with Gasteiger partial charge < -0.3 is 10.0 Å². The van der Waals surface area contributed by atoms with Gasteiger partial charge in [-0.2, -0.15) is 0 Å². The van der Waals surface area contributed by atoms with E-state index in [0.29, 0.717) is 12.5 Å². The first kappa shape index (κ1) is 16.5. The van der Waals surface area contributed by atoms with Gasteiger partial charge in [-0.25, -0.2) is 0 Å². The number of hydrogen-bond acceptors (Lipinski definition) is 3. The second kappa shape index (κ2) is 7.02. The van der Waals surface area contributed by atoms with Crippen LogP contribution in [0.3, 0.4) is 0 Å². The molecule has 2 fully saturated rings. The van der Waals surface area contributed by atoms with Gasteiger partial charge in [0.25, 0.3) is 0 Å². The van der Waals surface area contributed by atoms with E-state index in [1.165, 1.54) is 11.1 Å². The Bertz CT molecular complexity index is 564. The third-order valence-electron chi connectivity index (χ3n) is 5.43. The molecule has 2 atom stereocenters. The second-order valence-corrected chi connectivity index (χ2v) is 7.09. The van der Waals surface area contributed by atoms with Crippen LogP contribution in [-0.2, 0) is 11.2 Å². The molecular weight excluding hydrogens is 288 g/mol. The normalized spacial score (nSPS) is 25.8. The molecule has 1 aliphatic carbocycles. The van der Waals surface area contributed by atoms with Gasteiger partial charge in [-0.3, -0.25) is 9.69 Å². The van der Waals surface area contributed by atoms with Crippen LogP contribution in [0.5, 0.6) is 0 Å². The van der Waals surface area contributed by atoms with Gasteiger partial charge in [0.1, 0.15) is 0 Å². The van der Waals surface area contributed by atoms with E-state index in [9.17, 15) is 9.90 Å². The molecule has 1 saturated heterocycles. The molecule has 1 amide bonds. The van der Waals surface area contributed by atoms with E-state index in [0.717, 1.165) is 51.0 Å². The summed E-state index contributed by atoms with van der Waals surface area (Å²) in [5.74, 6) is 0.227. The number of hydrogen-bond donors (Lipinski definition) is 1. The van der Waals surface area contributed by atoms with Gasteiger partial charge in [0.15, 0.2) is 0 Å². The van der Waals surface area contributed by atoms with Gasteiger partial charge in [-0.05, 0) is 44.2 Å². The fourth-order valence-corrected chi connectivity index (χ4v) is 3.92. The Balaban J connectivity index is 1.55. The average molecular weight is 316 g/mol. The molecule has 0 aromatic heterocycles. The average Bonchev–Trinajstić information content (AvgIpc) is 2.97. The second-order valence-electron chi connectivity index (χ2n) is 7.09. The Morgan fingerprint density at radius 2 is 1.91 bits per heavy atom. The van der Waals surface area contributed by atoms with Crippen LogP contribution in [0.2, 0.25) is 0 Å². The van der Waals surface area contributed by atoms with Gasteiger partial charge in [0, 0.05) is 32.2 Å². The van der Waals surface area contributed by atoms with Crippen LogP contribution in [0.25, 0.3) is 0 Å². The number of rotatable bonds is 3. The Hall–Kier alpha value is -1.39. The smallest absolute Gasteiger partial charge is 0.227 e. The van der Waals surface area contributed by atoms with E-state index in [2.05, 4.69) is 36.9 Å². The minimum Gasteiger partial charge on any atom is -0.391 e. The Labute approximate surface area is 139 Å². The minimum absolute atomic E-state index is 0.174. The maximum atomic E-state index is 12.6. The zero-order chi connectivity index (χ0) is 16.4. The molecule has 1 aliphatic heterocycles. The molecule has 4 nitrogen and oxygen atoms in total. The number of benzene rings is 1. The first-order chi connectivity index (χ1) is 11.0. The first-order valence-electron chi connectivity index (χ1n) is 8.80. The van der Waals surface area contributed by atoms with Crippen molar-refractivity contribution >= 4 is 5.91 Å². The zero-order valence-corrected chi connectivity index (χ0v) is 14.3. The van der Waals surface area contributed by atoms with Gasteiger partial charge in [-0.1, -0.05) is 23.8 Å². The lowest BCUT2D eigenvalue weighted by Crippen LogP contribution is -2.53. The molecule has 4 heteroatoms. The Morgan fingerprint density at radius 1 is 1.17 bits per heavy atom. The van der Waals surface area contributed by atoms with Crippen molar-refractivity contribution < 1.29 is 9.90 Å². The van der Waals surface area contributed by atoms with Crippen LogP contribution in [0.1, 0.15) is 36.0 Å². The van der Waals surface area contributed by atoms with Crippen molar-refractivity contribution in [2.75, 3.05) is 26.2 Å². The van der Waals surface area contributed by atoms with Crippen molar-refractivity contribution in [2.45, 2.75) is 51.7 Å². The van der Waals surface area contributed by atoms with Gasteiger partial charge in [0.2, 0.25) is 5.91 Å². The molecule has 23 heavy (non-hydrogen) atoms. The van der Waals surface area contributed by atoms with Crippen molar-refractivity contribution in [3.8, 4) is 0 Å². The molecule has 1 saturated carbocycles. The maximum absolute atomic E-state index is 12.6. The topological polar surface area (TPSA) is 43.8 Å². The molecule has 0 unspecified atom stereocenters. The summed E-state index contributed by atoms with van der Waals surface area (Å²) in [6.07, 6.45) is 3.47. The number of carbonyl (C=O) groups is 1. The van der Waals surface area contributed by atoms with Crippen LogP contribution in [0, 0.1) is 13.8 Å². The highest BCUT2D eigenvalue weighted by Gasteiger charge is 2.33. The molecule has 126 valence electrons. The fraction of sp³-hybridized carbons (Fsp3) is 0.632. The number of piperazine rings is 1. The van der Waals surface area contributed by atoms with E-state index in [1.807, 2.05) is 4.90 Å². The van der Waals surface area contributed by atoms with Crippen molar-refractivity contribution in [2.24, 2.45) is 0 Å². The number of aliphatic hydroxyl groups is 1. The third kappa shape index (κ3) is 3.75. The molecular formula is C19H28N2O2. The highest BCUT2D eigenvalue weighted by atomic mass is 16.3. The summed E-state index contributed by atoms with van der Waals surface area (Å²) in [7, 11) is 0. The van der Waals surface area contributed by atoms with E-state index >= 15 is 0 Å². The maximum Gasteiger partial charge on any atom is 0.227 e. The molecule has 0 spiro atoms. The van der Waals surface area contributed by atoms with Crippen molar-refractivity contribution in [1.82, 2.24) is 9.80 Å². The molecule has 0 bridgehead atoms. The molecule has 2 aliphatic rings. The van der Waals surface area contributed by atoms with Crippen LogP contribution >= 0.6 is 0 Å². The Kier molecular flexibility index (Phi) is 5.02. The Morgan fingerprint density at radius 3 is 2.57 bits per heavy atom. The molecule has 1 N–H and O–H groups in total. The van der Waals surface area contributed by atoms with Crippen LogP contribution in [0.15, 0.2) is 18.2 Å².